The Morgan fingerprint density at radius 2 is 1.48 bits per heavy atom. The maximum Gasteiger partial charge on any atom is 0.315 e. The lowest BCUT2D eigenvalue weighted by Crippen LogP contribution is -2.56. The number of hydrogen-bond donors (Lipinski definition) is 4. The van der Waals surface area contributed by atoms with Crippen LogP contribution in [-0.4, -0.2) is 60.1 Å². The second kappa shape index (κ2) is 22.6. The largest absolute Gasteiger partial charge is 0.481 e. The van der Waals surface area contributed by atoms with E-state index in [4.69, 9.17) is 9.47 Å². The van der Waals surface area contributed by atoms with Gasteiger partial charge in [-0.25, -0.2) is 4.79 Å². The van der Waals surface area contributed by atoms with Crippen LogP contribution in [-0.2, 0) is 19.1 Å². The highest BCUT2D eigenvalue weighted by atomic mass is 16.7. The van der Waals surface area contributed by atoms with Gasteiger partial charge >= 0.3 is 12.0 Å². The highest BCUT2D eigenvalue weighted by molar-refractivity contribution is 5.81. The zero-order valence-corrected chi connectivity index (χ0v) is 31.4. The molecule has 0 radical (unpaired) electrons. The van der Waals surface area contributed by atoms with Gasteiger partial charge in [0.1, 0.15) is 6.10 Å². The van der Waals surface area contributed by atoms with Gasteiger partial charge in [-0.2, -0.15) is 0 Å². The van der Waals surface area contributed by atoms with Crippen LogP contribution in [0, 0.1) is 17.3 Å². The van der Waals surface area contributed by atoms with E-state index >= 15 is 0 Å². The van der Waals surface area contributed by atoms with Gasteiger partial charge in [0, 0.05) is 24.0 Å². The number of hydrogen-bond acceptors (Lipinski definition) is 5. The molecule has 278 valence electrons. The molecule has 0 aromatic heterocycles. The summed E-state index contributed by atoms with van der Waals surface area (Å²) in [6.07, 6.45) is 24.6. The fourth-order valence-corrected chi connectivity index (χ4v) is 7.14. The van der Waals surface area contributed by atoms with Crippen molar-refractivity contribution in [3.05, 3.63) is 12.2 Å². The van der Waals surface area contributed by atoms with E-state index in [2.05, 4.69) is 35.0 Å². The summed E-state index contributed by atoms with van der Waals surface area (Å²) in [6.45, 7) is 12.6. The third kappa shape index (κ3) is 16.5. The summed E-state index contributed by atoms with van der Waals surface area (Å²) in [5, 5.41) is 19.4. The Labute approximate surface area is 292 Å². The van der Waals surface area contributed by atoms with Gasteiger partial charge in [0.25, 0.3) is 0 Å². The first kappa shape index (κ1) is 42.0. The van der Waals surface area contributed by atoms with Crippen molar-refractivity contribution in [3.8, 4) is 0 Å². The van der Waals surface area contributed by atoms with E-state index in [-0.39, 0.29) is 29.9 Å². The van der Waals surface area contributed by atoms with Crippen LogP contribution in [0.5, 0.6) is 0 Å². The molecule has 1 saturated heterocycles. The van der Waals surface area contributed by atoms with Gasteiger partial charge in [-0.15, -0.1) is 0 Å². The average molecular weight is 678 g/mol. The third-order valence-corrected chi connectivity index (χ3v) is 10.1. The van der Waals surface area contributed by atoms with Crippen molar-refractivity contribution in [3.63, 3.8) is 0 Å². The fourth-order valence-electron chi connectivity index (χ4n) is 7.14. The molecule has 48 heavy (non-hydrogen) atoms. The summed E-state index contributed by atoms with van der Waals surface area (Å²) in [6, 6.07) is -0.305. The Balaban J connectivity index is 1.67. The predicted molar refractivity (Wildman–Crippen MR) is 194 cm³/mol. The molecule has 2 fully saturated rings. The van der Waals surface area contributed by atoms with Gasteiger partial charge in [-0.3, -0.25) is 9.59 Å². The zero-order valence-electron chi connectivity index (χ0n) is 31.4. The molecule has 1 heterocycles. The van der Waals surface area contributed by atoms with E-state index in [0.29, 0.717) is 26.0 Å². The van der Waals surface area contributed by atoms with Crippen LogP contribution >= 0.6 is 0 Å². The van der Waals surface area contributed by atoms with Crippen molar-refractivity contribution < 1.29 is 29.0 Å². The minimum Gasteiger partial charge on any atom is -0.481 e. The lowest BCUT2D eigenvalue weighted by atomic mass is 9.74. The maximum atomic E-state index is 13.0. The summed E-state index contributed by atoms with van der Waals surface area (Å²) in [4.78, 5) is 38.3. The van der Waals surface area contributed by atoms with Crippen LogP contribution in [0.3, 0.4) is 0 Å². The molecule has 0 aromatic carbocycles. The van der Waals surface area contributed by atoms with Gasteiger partial charge in [0.2, 0.25) is 5.91 Å². The maximum absolute atomic E-state index is 13.0. The van der Waals surface area contributed by atoms with Crippen molar-refractivity contribution in [2.75, 3.05) is 13.2 Å². The lowest BCUT2D eigenvalue weighted by Gasteiger charge is -2.44. The van der Waals surface area contributed by atoms with E-state index in [1.807, 2.05) is 20.8 Å². The first-order valence-corrected chi connectivity index (χ1v) is 19.4. The number of carbonyl (C=O) groups is 3. The highest BCUT2D eigenvalue weighted by Crippen LogP contribution is 2.35. The molecule has 5 unspecified atom stereocenters. The van der Waals surface area contributed by atoms with Crippen molar-refractivity contribution in [1.82, 2.24) is 16.0 Å². The summed E-state index contributed by atoms with van der Waals surface area (Å²) < 4.78 is 11.6. The first-order valence-electron chi connectivity index (χ1n) is 19.4. The van der Waals surface area contributed by atoms with Crippen LogP contribution < -0.4 is 16.0 Å². The van der Waals surface area contributed by atoms with E-state index < -0.39 is 29.2 Å². The number of carbonyl (C=O) groups excluding carboxylic acids is 2. The van der Waals surface area contributed by atoms with Crippen molar-refractivity contribution in [2.45, 2.75) is 188 Å². The van der Waals surface area contributed by atoms with Crippen molar-refractivity contribution in [2.24, 2.45) is 17.3 Å². The second-order valence-electron chi connectivity index (χ2n) is 15.6. The fraction of sp³-hybridized carbons (Fsp3) is 0.872. The van der Waals surface area contributed by atoms with Crippen LogP contribution in [0.1, 0.15) is 164 Å². The summed E-state index contributed by atoms with van der Waals surface area (Å²) >= 11 is 0. The molecule has 0 spiro atoms. The van der Waals surface area contributed by atoms with Crippen molar-refractivity contribution in [1.29, 1.82) is 0 Å². The minimum atomic E-state index is -0.835. The summed E-state index contributed by atoms with van der Waals surface area (Å²) in [7, 11) is 0. The van der Waals surface area contributed by atoms with E-state index in [1.54, 1.807) is 13.8 Å². The molecule has 2 aliphatic rings. The molecule has 2 rings (SSSR count). The lowest BCUT2D eigenvalue weighted by molar-refractivity contribution is -0.304. The molecule has 0 bridgehead atoms. The van der Waals surface area contributed by atoms with E-state index in [1.165, 1.54) is 64.2 Å². The molecule has 5 atom stereocenters. The number of ether oxygens (including phenoxy) is 2. The van der Waals surface area contributed by atoms with E-state index in [0.717, 1.165) is 44.9 Å². The van der Waals surface area contributed by atoms with Crippen molar-refractivity contribution >= 4 is 17.9 Å². The molecule has 1 aliphatic heterocycles. The van der Waals surface area contributed by atoms with Crippen LogP contribution in [0.15, 0.2) is 12.2 Å². The van der Waals surface area contributed by atoms with Gasteiger partial charge in [-0.1, -0.05) is 97.1 Å². The predicted octanol–water partition coefficient (Wildman–Crippen LogP) is 8.66. The molecule has 9 nitrogen and oxygen atoms in total. The summed E-state index contributed by atoms with van der Waals surface area (Å²) in [5.41, 5.74) is -0.466. The van der Waals surface area contributed by atoms with Gasteiger partial charge in [0.05, 0.1) is 12.5 Å². The Hall–Kier alpha value is -2.13. The zero-order chi connectivity index (χ0) is 35.4. The van der Waals surface area contributed by atoms with Crippen LogP contribution in [0.25, 0.3) is 0 Å². The Morgan fingerprint density at radius 1 is 0.854 bits per heavy atom. The number of urea groups is 1. The molecular formula is C39H71N3O6. The normalized spacial score (nSPS) is 23.3. The SMILES string of the molecule is CCCCCCCCC=CCCCCCCC(C)NC(=O)NC1CCCCC1C(CCCNC(=O)C1OC(C)(C)OCC1(C)C)C(=O)O. The minimum absolute atomic E-state index is 0.0680. The molecule has 1 saturated carbocycles. The van der Waals surface area contributed by atoms with E-state index in [9.17, 15) is 19.5 Å². The molecule has 9 heteroatoms. The molecule has 1 aliphatic carbocycles. The number of amides is 3. The smallest absolute Gasteiger partial charge is 0.315 e. The number of carboxylic acid groups (broad SMARTS) is 1. The summed E-state index contributed by atoms with van der Waals surface area (Å²) in [5.74, 6) is -2.57. The number of allylic oxidation sites excluding steroid dienone is 2. The van der Waals surface area contributed by atoms with Gasteiger partial charge in [0.15, 0.2) is 5.79 Å². The monoisotopic (exact) mass is 678 g/mol. The Bertz CT molecular complexity index is 967. The Morgan fingerprint density at radius 3 is 2.15 bits per heavy atom. The molecule has 4 N–H and O–H groups in total. The van der Waals surface area contributed by atoms with Crippen LogP contribution in [0.2, 0.25) is 0 Å². The Kier molecular flexibility index (Phi) is 19.8. The van der Waals surface area contributed by atoms with Gasteiger partial charge < -0.3 is 30.5 Å². The first-order chi connectivity index (χ1) is 22.9. The van der Waals surface area contributed by atoms with Crippen LogP contribution in [0.4, 0.5) is 4.79 Å². The number of rotatable bonds is 23. The number of unbranched alkanes of at least 4 members (excludes halogenated alkanes) is 10. The molecule has 3 amide bonds. The number of carboxylic acids is 1. The standard InChI is InChI=1S/C39H71N3O6/c1-7-8-9-10-11-12-13-14-15-16-17-18-19-20-24-30(2)41-37(46)42-33-27-22-21-25-31(33)32(36(44)45)26-23-28-40-35(43)34-38(3,4)29-47-39(5,6)48-34/h14-15,30-34H,7-13,16-29H2,1-6H3,(H,40,43)(H,44,45)(H2,41,42,46). The van der Waals surface area contributed by atoms with Gasteiger partial charge in [-0.05, 0) is 84.5 Å². The topological polar surface area (TPSA) is 126 Å². The third-order valence-electron chi connectivity index (χ3n) is 10.1. The quantitative estimate of drug-likeness (QED) is 0.0634. The number of aliphatic carboxylic acids is 1. The second-order valence-corrected chi connectivity index (χ2v) is 15.6. The highest BCUT2D eigenvalue weighted by Gasteiger charge is 2.45. The molecule has 0 aromatic rings. The number of nitrogens with one attached hydrogen (secondary N) is 3. The average Bonchev–Trinajstić information content (AvgIpc) is 3.02. The molecular weight excluding hydrogens is 606 g/mol.